The molecule has 0 bridgehead atoms. The van der Waals surface area contributed by atoms with Crippen molar-refractivity contribution in [1.82, 2.24) is 0 Å². The fourth-order valence-corrected chi connectivity index (χ4v) is 7.76. The molecule has 10 heteroatoms. The van der Waals surface area contributed by atoms with E-state index < -0.39 is 15.9 Å². The molecule has 0 N–H and O–H groups in total. The zero-order valence-electron chi connectivity index (χ0n) is 13.6. The van der Waals surface area contributed by atoms with Crippen LogP contribution in [0.2, 0.25) is 10.0 Å². The van der Waals surface area contributed by atoms with Crippen LogP contribution in [-0.4, -0.2) is 55.0 Å². The van der Waals surface area contributed by atoms with E-state index in [1.807, 2.05) is 0 Å². The first-order chi connectivity index (χ1) is 12.4. The van der Waals surface area contributed by atoms with Crippen molar-refractivity contribution in [3.63, 3.8) is 0 Å². The maximum Gasteiger partial charge on any atom is 0.277 e. The normalized spacial score (nSPS) is 31.5. The number of sulfone groups is 1. The summed E-state index contributed by atoms with van der Waals surface area (Å²) >= 11 is 13.8. The molecular weight excluding hydrogens is 419 g/mol. The third-order valence-electron chi connectivity index (χ3n) is 4.67. The highest BCUT2D eigenvalue weighted by Gasteiger charge is 2.50. The lowest BCUT2D eigenvalue weighted by Gasteiger charge is -2.26. The second kappa shape index (κ2) is 6.98. The molecule has 26 heavy (non-hydrogen) atoms. The Labute approximate surface area is 165 Å². The number of benzene rings is 1. The first kappa shape index (κ1) is 18.6. The fraction of sp³-hybridized carbons (Fsp3) is 0.500. The minimum atomic E-state index is -3.14. The molecule has 0 saturated carbocycles. The molecule has 1 amide bonds. The summed E-state index contributed by atoms with van der Waals surface area (Å²) in [5.41, 5.74) is 0.565. The molecule has 1 aromatic carbocycles. The van der Waals surface area contributed by atoms with Gasteiger partial charge in [0.2, 0.25) is 0 Å². The molecule has 0 radical (unpaired) electrons. The van der Waals surface area contributed by atoms with Gasteiger partial charge in [0, 0.05) is 11.9 Å². The lowest BCUT2D eigenvalue weighted by molar-refractivity contribution is -0.126. The number of fused-ring (bicyclic) bond motifs is 1. The minimum Gasteiger partial charge on any atom is -0.368 e. The quantitative estimate of drug-likeness (QED) is 0.711. The van der Waals surface area contributed by atoms with Gasteiger partial charge < -0.3 is 9.64 Å². The first-order valence-corrected chi connectivity index (χ1v) is 11.7. The highest BCUT2D eigenvalue weighted by Crippen LogP contribution is 2.44. The monoisotopic (exact) mass is 434 g/mol. The van der Waals surface area contributed by atoms with Crippen LogP contribution >= 0.6 is 35.0 Å². The molecule has 6 nitrogen and oxygen atoms in total. The first-order valence-electron chi connectivity index (χ1n) is 8.20. The number of hydrogen-bond donors (Lipinski definition) is 0. The summed E-state index contributed by atoms with van der Waals surface area (Å²) in [6.45, 7) is 0.557. The van der Waals surface area contributed by atoms with Crippen molar-refractivity contribution in [3.05, 3.63) is 28.2 Å². The largest absolute Gasteiger partial charge is 0.368 e. The number of nitrogens with zero attached hydrogens (tertiary/aromatic N) is 2. The van der Waals surface area contributed by atoms with E-state index >= 15 is 0 Å². The standard InChI is InChI=1S/C16H16Cl2N2O4S2/c17-9-3-1-4-10(14(9)18)20-11-7-26(22,23)8-13(11)25-16(20)19-15(21)12-5-2-6-24-12/h1,3-4,11-13H,2,5-8H2/t11-,12+,13+/m1/s1. The number of carbonyl (C=O) groups excluding carboxylic acids is 1. The molecule has 3 heterocycles. The van der Waals surface area contributed by atoms with Crippen molar-refractivity contribution in [2.75, 3.05) is 23.0 Å². The van der Waals surface area contributed by atoms with E-state index in [-0.39, 0.29) is 28.7 Å². The molecule has 0 unspecified atom stereocenters. The smallest absolute Gasteiger partial charge is 0.277 e. The Morgan fingerprint density at radius 1 is 1.31 bits per heavy atom. The average molecular weight is 435 g/mol. The van der Waals surface area contributed by atoms with Crippen molar-refractivity contribution < 1.29 is 17.9 Å². The molecule has 3 atom stereocenters. The van der Waals surface area contributed by atoms with Gasteiger partial charge in [-0.05, 0) is 25.0 Å². The van der Waals surface area contributed by atoms with Crippen molar-refractivity contribution >= 4 is 61.6 Å². The molecule has 0 spiro atoms. The average Bonchev–Trinajstić information content (AvgIpc) is 3.25. The maximum absolute atomic E-state index is 12.4. The fourth-order valence-electron chi connectivity index (χ4n) is 3.46. The van der Waals surface area contributed by atoms with Gasteiger partial charge in [0.25, 0.3) is 5.91 Å². The molecule has 1 aromatic rings. The minimum absolute atomic E-state index is 0.000643. The number of thioether (sulfide) groups is 1. The predicted molar refractivity (Wildman–Crippen MR) is 104 cm³/mol. The number of aliphatic imine (C=N–C) groups is 1. The van der Waals surface area contributed by atoms with Gasteiger partial charge in [0.1, 0.15) is 6.10 Å². The van der Waals surface area contributed by atoms with E-state index in [1.54, 1.807) is 23.1 Å². The maximum atomic E-state index is 12.4. The SMILES string of the molecule is O=C(N=C1S[C@H]2CS(=O)(=O)C[C@H]2N1c1cccc(Cl)c1Cl)[C@@H]1CCCO1. The van der Waals surface area contributed by atoms with Gasteiger partial charge in [0.05, 0.1) is 33.3 Å². The number of carbonyl (C=O) groups is 1. The zero-order chi connectivity index (χ0) is 18.5. The molecule has 0 aromatic heterocycles. The van der Waals surface area contributed by atoms with Gasteiger partial charge in [-0.15, -0.1) is 0 Å². The molecular formula is C16H16Cl2N2O4S2. The summed E-state index contributed by atoms with van der Waals surface area (Å²) < 4.78 is 29.6. The van der Waals surface area contributed by atoms with Crippen LogP contribution in [0, 0.1) is 0 Å². The molecule has 3 fully saturated rings. The van der Waals surface area contributed by atoms with Crippen LogP contribution in [0.5, 0.6) is 0 Å². The Kier molecular flexibility index (Phi) is 4.98. The topological polar surface area (TPSA) is 76.0 Å². The van der Waals surface area contributed by atoms with E-state index in [0.717, 1.165) is 6.42 Å². The van der Waals surface area contributed by atoms with E-state index in [2.05, 4.69) is 4.99 Å². The lowest BCUT2D eigenvalue weighted by Crippen LogP contribution is -2.38. The Hall–Kier alpha value is -0.800. The molecule has 140 valence electrons. The summed E-state index contributed by atoms with van der Waals surface area (Å²) in [5, 5.41) is 0.950. The van der Waals surface area contributed by atoms with Crippen molar-refractivity contribution in [2.24, 2.45) is 4.99 Å². The highest BCUT2D eigenvalue weighted by molar-refractivity contribution is 8.16. The Bertz CT molecular complexity index is 884. The van der Waals surface area contributed by atoms with Gasteiger partial charge in [-0.2, -0.15) is 4.99 Å². The number of hydrogen-bond acceptors (Lipinski definition) is 5. The van der Waals surface area contributed by atoms with Crippen LogP contribution < -0.4 is 4.90 Å². The Balaban J connectivity index is 1.73. The van der Waals surface area contributed by atoms with Crippen LogP contribution in [0.15, 0.2) is 23.2 Å². The molecule has 4 rings (SSSR count). The second-order valence-corrected chi connectivity index (χ2v) is 10.6. The summed E-state index contributed by atoms with van der Waals surface area (Å²) in [6, 6.07) is 4.84. The van der Waals surface area contributed by atoms with Crippen LogP contribution in [0.4, 0.5) is 5.69 Å². The number of rotatable bonds is 2. The number of amides is 1. The van der Waals surface area contributed by atoms with E-state index in [0.29, 0.717) is 33.9 Å². The summed E-state index contributed by atoms with van der Waals surface area (Å²) in [6.07, 6.45) is 0.963. The summed E-state index contributed by atoms with van der Waals surface area (Å²) in [7, 11) is -3.14. The van der Waals surface area contributed by atoms with E-state index in [1.165, 1.54) is 11.8 Å². The lowest BCUT2D eigenvalue weighted by atomic mass is 10.2. The summed E-state index contributed by atoms with van der Waals surface area (Å²) in [5.74, 6) is -0.277. The number of anilines is 1. The van der Waals surface area contributed by atoms with Crippen molar-refractivity contribution in [3.8, 4) is 0 Å². The number of halogens is 2. The summed E-state index contributed by atoms with van der Waals surface area (Å²) in [4.78, 5) is 18.5. The number of ether oxygens (including phenoxy) is 1. The van der Waals surface area contributed by atoms with E-state index in [9.17, 15) is 13.2 Å². The van der Waals surface area contributed by atoms with Gasteiger partial charge >= 0.3 is 0 Å². The number of amidine groups is 1. The van der Waals surface area contributed by atoms with Crippen LogP contribution in [0.25, 0.3) is 0 Å². The van der Waals surface area contributed by atoms with Gasteiger partial charge in [0.15, 0.2) is 15.0 Å². The second-order valence-electron chi connectivity index (χ2n) is 6.48. The highest BCUT2D eigenvalue weighted by atomic mass is 35.5. The molecule has 0 aliphatic carbocycles. The van der Waals surface area contributed by atoms with Crippen LogP contribution in [0.3, 0.4) is 0 Å². The molecule has 3 saturated heterocycles. The molecule has 3 aliphatic heterocycles. The van der Waals surface area contributed by atoms with Crippen molar-refractivity contribution in [1.29, 1.82) is 0 Å². The third kappa shape index (κ3) is 3.38. The van der Waals surface area contributed by atoms with Crippen molar-refractivity contribution in [2.45, 2.75) is 30.2 Å². The van der Waals surface area contributed by atoms with Crippen LogP contribution in [-0.2, 0) is 19.4 Å². The van der Waals surface area contributed by atoms with Gasteiger partial charge in [-0.25, -0.2) is 8.42 Å². The van der Waals surface area contributed by atoms with Gasteiger partial charge in [-0.3, -0.25) is 4.79 Å². The van der Waals surface area contributed by atoms with Crippen LogP contribution in [0.1, 0.15) is 12.8 Å². The Morgan fingerprint density at radius 2 is 2.12 bits per heavy atom. The third-order valence-corrected chi connectivity index (χ3v) is 8.69. The van der Waals surface area contributed by atoms with Gasteiger partial charge in [-0.1, -0.05) is 41.0 Å². The molecule has 3 aliphatic rings. The predicted octanol–water partition coefficient (Wildman–Crippen LogP) is 2.77. The zero-order valence-corrected chi connectivity index (χ0v) is 16.7. The van der Waals surface area contributed by atoms with E-state index in [4.69, 9.17) is 27.9 Å². The Morgan fingerprint density at radius 3 is 2.85 bits per heavy atom.